The van der Waals surface area contributed by atoms with Gasteiger partial charge >= 0.3 is 5.69 Å². The molecule has 0 spiro atoms. The number of hydrogen-bond acceptors (Lipinski definition) is 6. The first kappa shape index (κ1) is 18.2. The molecular formula is C17H16FN7O2S. The van der Waals surface area contributed by atoms with E-state index in [0.29, 0.717) is 15.8 Å². The highest BCUT2D eigenvalue weighted by Gasteiger charge is 2.21. The third kappa shape index (κ3) is 2.93. The molecule has 3 heterocycles. The van der Waals surface area contributed by atoms with Gasteiger partial charge < -0.3 is 9.13 Å². The number of aryl methyl sites for hydroxylation is 2. The Labute approximate surface area is 162 Å². The van der Waals surface area contributed by atoms with Crippen molar-refractivity contribution in [3.63, 3.8) is 0 Å². The van der Waals surface area contributed by atoms with E-state index < -0.39 is 11.2 Å². The molecule has 4 rings (SSSR count). The summed E-state index contributed by atoms with van der Waals surface area (Å²) in [5, 5.41) is 8.95. The minimum absolute atomic E-state index is 0.278. The molecule has 0 N–H and O–H groups in total. The highest BCUT2D eigenvalue weighted by molar-refractivity contribution is 7.99. The van der Waals surface area contributed by atoms with Gasteiger partial charge in [-0.05, 0) is 29.5 Å². The van der Waals surface area contributed by atoms with Gasteiger partial charge in [-0.2, -0.15) is 0 Å². The summed E-state index contributed by atoms with van der Waals surface area (Å²) in [7, 11) is 4.79. The van der Waals surface area contributed by atoms with Crippen LogP contribution in [-0.4, -0.2) is 33.4 Å². The molecule has 0 aliphatic heterocycles. The van der Waals surface area contributed by atoms with Crippen molar-refractivity contribution in [3.05, 3.63) is 62.8 Å². The van der Waals surface area contributed by atoms with E-state index in [1.165, 1.54) is 35.5 Å². The summed E-state index contributed by atoms with van der Waals surface area (Å²) in [5.74, 6) is -0.341. The number of aromatic nitrogens is 7. The lowest BCUT2D eigenvalue weighted by Crippen LogP contribution is -2.37. The molecule has 144 valence electrons. The summed E-state index contributed by atoms with van der Waals surface area (Å²) in [6.45, 7) is 0.282. The molecule has 1 aromatic carbocycles. The molecule has 0 saturated heterocycles. The monoisotopic (exact) mass is 401 g/mol. The van der Waals surface area contributed by atoms with E-state index in [-0.39, 0.29) is 18.0 Å². The van der Waals surface area contributed by atoms with Crippen LogP contribution in [0.2, 0.25) is 0 Å². The van der Waals surface area contributed by atoms with E-state index in [1.54, 1.807) is 41.7 Å². The Kier molecular flexibility index (Phi) is 4.38. The topological polar surface area (TPSA) is 92.5 Å². The standard InChI is InChI=1S/C17H16FN7O2S/c1-22-9-19-21-16(22)28-15-20-13-12(14(26)24(3)17(27)23(13)2)25(15)8-10-4-6-11(18)7-5-10/h4-7,9H,8H2,1-3H3. The van der Waals surface area contributed by atoms with Crippen LogP contribution in [0.1, 0.15) is 5.56 Å². The van der Waals surface area contributed by atoms with Gasteiger partial charge in [0.05, 0.1) is 6.54 Å². The van der Waals surface area contributed by atoms with E-state index in [2.05, 4.69) is 15.2 Å². The van der Waals surface area contributed by atoms with Crippen molar-refractivity contribution in [1.29, 1.82) is 0 Å². The van der Waals surface area contributed by atoms with E-state index in [9.17, 15) is 14.0 Å². The number of nitrogens with zero attached hydrogens (tertiary/aromatic N) is 7. The lowest BCUT2D eigenvalue weighted by atomic mass is 10.2. The third-order valence-corrected chi connectivity index (χ3v) is 5.47. The van der Waals surface area contributed by atoms with Crippen LogP contribution in [0.3, 0.4) is 0 Å². The van der Waals surface area contributed by atoms with Crippen molar-refractivity contribution in [2.24, 2.45) is 21.1 Å². The molecule has 0 aliphatic carbocycles. The summed E-state index contributed by atoms with van der Waals surface area (Å²) in [4.78, 5) is 29.7. The Balaban J connectivity index is 1.96. The summed E-state index contributed by atoms with van der Waals surface area (Å²) in [6, 6.07) is 6.00. The lowest BCUT2D eigenvalue weighted by molar-refractivity contribution is 0.625. The van der Waals surface area contributed by atoms with Gasteiger partial charge in [0.15, 0.2) is 21.5 Å². The molecule has 0 fully saturated rings. The van der Waals surface area contributed by atoms with Crippen LogP contribution < -0.4 is 11.2 Å². The Morgan fingerprint density at radius 2 is 1.75 bits per heavy atom. The van der Waals surface area contributed by atoms with Crippen LogP contribution in [0.4, 0.5) is 4.39 Å². The van der Waals surface area contributed by atoms with Gasteiger partial charge in [-0.3, -0.25) is 13.9 Å². The van der Waals surface area contributed by atoms with Gasteiger partial charge in [0.1, 0.15) is 12.1 Å². The number of imidazole rings is 1. The molecule has 3 aromatic heterocycles. The number of fused-ring (bicyclic) bond motifs is 1. The fourth-order valence-corrected chi connectivity index (χ4v) is 3.71. The molecule has 4 aromatic rings. The first-order chi connectivity index (χ1) is 13.4. The Hall–Kier alpha value is -3.21. The SMILES string of the molecule is Cn1cnnc1Sc1nc2c(c(=O)n(C)c(=O)n2C)n1Cc1ccc(F)cc1. The number of hydrogen-bond donors (Lipinski definition) is 0. The summed E-state index contributed by atoms with van der Waals surface area (Å²) in [6.07, 6.45) is 1.56. The molecule has 0 amide bonds. The molecule has 0 unspecified atom stereocenters. The zero-order valence-electron chi connectivity index (χ0n) is 15.3. The lowest BCUT2D eigenvalue weighted by Gasteiger charge is -2.09. The molecule has 0 radical (unpaired) electrons. The molecule has 9 nitrogen and oxygen atoms in total. The quantitative estimate of drug-likeness (QED) is 0.505. The van der Waals surface area contributed by atoms with E-state index in [0.717, 1.165) is 10.1 Å². The second-order valence-corrected chi connectivity index (χ2v) is 7.25. The van der Waals surface area contributed by atoms with Gasteiger partial charge in [-0.25, -0.2) is 14.2 Å². The van der Waals surface area contributed by atoms with Crippen LogP contribution in [-0.2, 0) is 27.7 Å². The maximum Gasteiger partial charge on any atom is 0.332 e. The van der Waals surface area contributed by atoms with Crippen molar-refractivity contribution < 1.29 is 4.39 Å². The van der Waals surface area contributed by atoms with Gasteiger partial charge in [-0.15, -0.1) is 10.2 Å². The van der Waals surface area contributed by atoms with Crippen molar-refractivity contribution in [1.82, 2.24) is 33.4 Å². The van der Waals surface area contributed by atoms with Crippen LogP contribution in [0, 0.1) is 5.82 Å². The highest BCUT2D eigenvalue weighted by atomic mass is 32.2. The fourth-order valence-electron chi connectivity index (χ4n) is 2.87. The van der Waals surface area contributed by atoms with Crippen molar-refractivity contribution in [3.8, 4) is 0 Å². The van der Waals surface area contributed by atoms with Crippen LogP contribution >= 0.6 is 11.8 Å². The summed E-state index contributed by atoms with van der Waals surface area (Å²) < 4.78 is 19.1. The van der Waals surface area contributed by atoms with E-state index in [4.69, 9.17) is 0 Å². The fraction of sp³-hybridized carbons (Fsp3) is 0.235. The van der Waals surface area contributed by atoms with Gasteiger partial charge in [0, 0.05) is 21.1 Å². The normalized spacial score (nSPS) is 11.4. The van der Waals surface area contributed by atoms with Crippen LogP contribution in [0.5, 0.6) is 0 Å². The Morgan fingerprint density at radius 1 is 1.04 bits per heavy atom. The third-order valence-electron chi connectivity index (χ3n) is 4.42. The average molecular weight is 401 g/mol. The van der Waals surface area contributed by atoms with Gasteiger partial charge in [0.2, 0.25) is 0 Å². The molecular weight excluding hydrogens is 385 g/mol. The second kappa shape index (κ2) is 6.75. The Morgan fingerprint density at radius 3 is 2.39 bits per heavy atom. The number of halogens is 1. The van der Waals surface area contributed by atoms with Crippen molar-refractivity contribution in [2.75, 3.05) is 0 Å². The Bertz CT molecular complexity index is 1300. The van der Waals surface area contributed by atoms with E-state index in [1.807, 2.05) is 0 Å². The largest absolute Gasteiger partial charge is 0.332 e. The maximum atomic E-state index is 13.3. The molecule has 11 heteroatoms. The average Bonchev–Trinajstić information content (AvgIpc) is 3.24. The highest BCUT2D eigenvalue weighted by Crippen LogP contribution is 2.28. The predicted octanol–water partition coefficient (Wildman–Crippen LogP) is 0.901. The van der Waals surface area contributed by atoms with Crippen LogP contribution in [0.25, 0.3) is 11.2 Å². The first-order valence-electron chi connectivity index (χ1n) is 8.29. The molecule has 0 atom stereocenters. The number of benzene rings is 1. The second-order valence-electron chi connectivity index (χ2n) is 6.31. The van der Waals surface area contributed by atoms with Crippen molar-refractivity contribution in [2.45, 2.75) is 16.9 Å². The minimum Gasteiger partial charge on any atom is -0.311 e. The zero-order chi connectivity index (χ0) is 20.0. The number of rotatable bonds is 4. The van der Waals surface area contributed by atoms with Crippen molar-refractivity contribution >= 4 is 22.9 Å². The summed E-state index contributed by atoms with van der Waals surface area (Å²) >= 11 is 1.23. The van der Waals surface area contributed by atoms with Gasteiger partial charge in [-0.1, -0.05) is 12.1 Å². The molecule has 0 aliphatic rings. The molecule has 0 saturated carbocycles. The summed E-state index contributed by atoms with van der Waals surface area (Å²) in [5.41, 5.74) is 0.451. The predicted molar refractivity (Wildman–Crippen MR) is 101 cm³/mol. The minimum atomic E-state index is -0.459. The molecule has 28 heavy (non-hydrogen) atoms. The van der Waals surface area contributed by atoms with Crippen LogP contribution in [0.15, 0.2) is 50.5 Å². The van der Waals surface area contributed by atoms with Gasteiger partial charge in [0.25, 0.3) is 5.56 Å². The zero-order valence-corrected chi connectivity index (χ0v) is 16.1. The smallest absolute Gasteiger partial charge is 0.311 e. The first-order valence-corrected chi connectivity index (χ1v) is 9.11. The maximum absolute atomic E-state index is 13.3. The molecule has 0 bridgehead atoms. The van der Waals surface area contributed by atoms with E-state index >= 15 is 0 Å².